The number of amides is 1. The highest BCUT2D eigenvalue weighted by atomic mass is 16.2. The van der Waals surface area contributed by atoms with Crippen molar-refractivity contribution in [3.05, 3.63) is 41.7 Å². The van der Waals surface area contributed by atoms with Gasteiger partial charge in [0.25, 0.3) is 5.91 Å². The number of hydrogen-bond donors (Lipinski definition) is 2. The summed E-state index contributed by atoms with van der Waals surface area (Å²) < 4.78 is 1.91. The molecular weight excluding hydrogens is 328 g/mol. The first kappa shape index (κ1) is 18.4. The monoisotopic (exact) mass is 356 g/mol. The first-order valence-corrected chi connectivity index (χ1v) is 9.26. The number of nitrogens with one attached hydrogen (secondary N) is 2. The van der Waals surface area contributed by atoms with E-state index in [4.69, 9.17) is 0 Å². The van der Waals surface area contributed by atoms with Gasteiger partial charge >= 0.3 is 0 Å². The summed E-state index contributed by atoms with van der Waals surface area (Å²) in [5, 5.41) is 14.7. The number of aromatic nitrogens is 3. The van der Waals surface area contributed by atoms with Crippen LogP contribution >= 0.6 is 0 Å². The van der Waals surface area contributed by atoms with E-state index in [0.29, 0.717) is 18.3 Å². The zero-order valence-corrected chi connectivity index (χ0v) is 15.8. The SMILES string of the molecule is Cc1c(C(=O)NCC(C)N(C)c2ccccc2)nnn1C1CCNCC1. The summed E-state index contributed by atoms with van der Waals surface area (Å²) in [6.07, 6.45) is 2.04. The van der Waals surface area contributed by atoms with Crippen LogP contribution in [0.1, 0.15) is 42.0 Å². The topological polar surface area (TPSA) is 75.1 Å². The zero-order valence-electron chi connectivity index (χ0n) is 15.8. The third-order valence-corrected chi connectivity index (χ3v) is 5.18. The molecule has 0 radical (unpaired) electrons. The molecule has 7 nitrogen and oxygen atoms in total. The maximum atomic E-state index is 12.6. The third-order valence-electron chi connectivity index (χ3n) is 5.18. The Morgan fingerprint density at radius 2 is 2.04 bits per heavy atom. The van der Waals surface area contributed by atoms with Gasteiger partial charge in [0.05, 0.1) is 11.7 Å². The Bertz CT molecular complexity index is 723. The van der Waals surface area contributed by atoms with Gasteiger partial charge in [-0.25, -0.2) is 4.68 Å². The van der Waals surface area contributed by atoms with Crippen LogP contribution in [0, 0.1) is 6.92 Å². The van der Waals surface area contributed by atoms with Crippen LogP contribution in [-0.4, -0.2) is 53.6 Å². The molecule has 1 amide bonds. The lowest BCUT2D eigenvalue weighted by Crippen LogP contribution is -2.40. The second-order valence-corrected chi connectivity index (χ2v) is 6.95. The van der Waals surface area contributed by atoms with Gasteiger partial charge in [0.2, 0.25) is 0 Å². The number of nitrogens with zero attached hydrogens (tertiary/aromatic N) is 4. The average molecular weight is 356 g/mol. The Labute approximate surface area is 154 Å². The average Bonchev–Trinajstić information content (AvgIpc) is 3.08. The van der Waals surface area contributed by atoms with Crippen LogP contribution in [0.4, 0.5) is 5.69 Å². The third kappa shape index (κ3) is 4.04. The fourth-order valence-corrected chi connectivity index (χ4v) is 3.33. The van der Waals surface area contributed by atoms with Crippen LogP contribution < -0.4 is 15.5 Å². The molecule has 2 aromatic rings. The van der Waals surface area contributed by atoms with Crippen molar-refractivity contribution in [1.29, 1.82) is 0 Å². The summed E-state index contributed by atoms with van der Waals surface area (Å²) in [4.78, 5) is 14.7. The number of piperidine rings is 1. The van der Waals surface area contributed by atoms with Gasteiger partial charge in [0.15, 0.2) is 5.69 Å². The molecular formula is C19H28N6O. The van der Waals surface area contributed by atoms with Crippen molar-refractivity contribution in [3.63, 3.8) is 0 Å². The van der Waals surface area contributed by atoms with Crippen LogP contribution in [0.15, 0.2) is 30.3 Å². The van der Waals surface area contributed by atoms with Gasteiger partial charge in [-0.3, -0.25) is 4.79 Å². The molecule has 2 N–H and O–H groups in total. The fourth-order valence-electron chi connectivity index (χ4n) is 3.33. The van der Waals surface area contributed by atoms with E-state index < -0.39 is 0 Å². The molecule has 26 heavy (non-hydrogen) atoms. The van der Waals surface area contributed by atoms with Gasteiger partial charge in [-0.05, 0) is 51.9 Å². The second-order valence-electron chi connectivity index (χ2n) is 6.95. The van der Waals surface area contributed by atoms with Gasteiger partial charge in [-0.1, -0.05) is 23.4 Å². The lowest BCUT2D eigenvalue weighted by atomic mass is 10.1. The molecule has 140 valence electrons. The van der Waals surface area contributed by atoms with Gasteiger partial charge < -0.3 is 15.5 Å². The molecule has 0 bridgehead atoms. The van der Waals surface area contributed by atoms with Crippen molar-refractivity contribution in [1.82, 2.24) is 25.6 Å². The van der Waals surface area contributed by atoms with Crippen molar-refractivity contribution in [2.75, 3.05) is 31.6 Å². The van der Waals surface area contributed by atoms with Crippen molar-refractivity contribution >= 4 is 11.6 Å². The second kappa shape index (κ2) is 8.31. The number of anilines is 1. The van der Waals surface area contributed by atoms with Crippen molar-refractivity contribution in [3.8, 4) is 0 Å². The molecule has 1 aromatic heterocycles. The Balaban J connectivity index is 1.59. The minimum Gasteiger partial charge on any atom is -0.370 e. The lowest BCUT2D eigenvalue weighted by molar-refractivity contribution is 0.0946. The lowest BCUT2D eigenvalue weighted by Gasteiger charge is -2.27. The molecule has 0 spiro atoms. The van der Waals surface area contributed by atoms with E-state index in [2.05, 4.69) is 44.9 Å². The first-order chi connectivity index (χ1) is 12.6. The molecule has 0 aliphatic carbocycles. The summed E-state index contributed by atoms with van der Waals surface area (Å²) in [6, 6.07) is 10.6. The molecule has 1 aliphatic rings. The van der Waals surface area contributed by atoms with Crippen LogP contribution in [0.25, 0.3) is 0 Å². The van der Waals surface area contributed by atoms with E-state index in [1.54, 1.807) is 0 Å². The zero-order chi connectivity index (χ0) is 18.5. The highest BCUT2D eigenvalue weighted by Gasteiger charge is 2.23. The number of benzene rings is 1. The maximum absolute atomic E-state index is 12.6. The number of para-hydroxylation sites is 1. The molecule has 1 atom stereocenters. The number of carbonyl (C=O) groups is 1. The molecule has 2 heterocycles. The van der Waals surface area contributed by atoms with Crippen LogP contribution in [0.2, 0.25) is 0 Å². The van der Waals surface area contributed by atoms with Crippen molar-refractivity contribution in [2.24, 2.45) is 0 Å². The normalized spacial score (nSPS) is 16.3. The van der Waals surface area contributed by atoms with Crippen LogP contribution in [0.5, 0.6) is 0 Å². The Kier molecular flexibility index (Phi) is 5.88. The quantitative estimate of drug-likeness (QED) is 0.825. The Hall–Kier alpha value is -2.41. The van der Waals surface area contributed by atoms with Gasteiger partial charge in [0.1, 0.15) is 0 Å². The number of rotatable bonds is 6. The number of carbonyl (C=O) groups excluding carboxylic acids is 1. The smallest absolute Gasteiger partial charge is 0.273 e. The maximum Gasteiger partial charge on any atom is 0.273 e. The molecule has 7 heteroatoms. The molecule has 1 saturated heterocycles. The molecule has 1 fully saturated rings. The number of hydrogen-bond acceptors (Lipinski definition) is 5. The molecule has 3 rings (SSSR count). The van der Waals surface area contributed by atoms with Gasteiger partial charge in [-0.2, -0.15) is 0 Å². The van der Waals surface area contributed by atoms with Gasteiger partial charge in [-0.15, -0.1) is 5.10 Å². The minimum absolute atomic E-state index is 0.156. The first-order valence-electron chi connectivity index (χ1n) is 9.26. The van der Waals surface area contributed by atoms with Crippen molar-refractivity contribution in [2.45, 2.75) is 38.8 Å². The van der Waals surface area contributed by atoms with Gasteiger partial charge in [0, 0.05) is 25.3 Å². The predicted octanol–water partition coefficient (Wildman–Crippen LogP) is 1.77. The van der Waals surface area contributed by atoms with E-state index in [1.165, 1.54) is 0 Å². The van der Waals surface area contributed by atoms with Crippen LogP contribution in [-0.2, 0) is 0 Å². The molecule has 1 aliphatic heterocycles. The highest BCUT2D eigenvalue weighted by Crippen LogP contribution is 2.20. The van der Waals surface area contributed by atoms with Crippen molar-refractivity contribution < 1.29 is 4.79 Å². The Morgan fingerprint density at radius 3 is 2.73 bits per heavy atom. The van der Waals surface area contributed by atoms with E-state index in [9.17, 15) is 4.79 Å². The summed E-state index contributed by atoms with van der Waals surface area (Å²) in [5.74, 6) is -0.156. The number of likely N-dealkylation sites (N-methyl/N-ethyl adjacent to an activating group) is 1. The summed E-state index contributed by atoms with van der Waals surface area (Å²) in [6.45, 7) is 6.52. The van der Waals surface area contributed by atoms with E-state index >= 15 is 0 Å². The molecule has 1 unspecified atom stereocenters. The molecule has 0 saturated carbocycles. The predicted molar refractivity (Wildman–Crippen MR) is 103 cm³/mol. The summed E-state index contributed by atoms with van der Waals surface area (Å²) >= 11 is 0. The van der Waals surface area contributed by atoms with E-state index in [0.717, 1.165) is 37.3 Å². The fraction of sp³-hybridized carbons (Fsp3) is 0.526. The van der Waals surface area contributed by atoms with E-state index in [1.807, 2.05) is 36.9 Å². The van der Waals surface area contributed by atoms with E-state index in [-0.39, 0.29) is 11.9 Å². The highest BCUT2D eigenvalue weighted by molar-refractivity contribution is 5.93. The summed E-state index contributed by atoms with van der Waals surface area (Å²) in [5.41, 5.74) is 2.40. The Morgan fingerprint density at radius 1 is 1.35 bits per heavy atom. The summed E-state index contributed by atoms with van der Waals surface area (Å²) in [7, 11) is 2.03. The van der Waals surface area contributed by atoms with Crippen LogP contribution in [0.3, 0.4) is 0 Å². The molecule has 1 aromatic carbocycles. The standard InChI is InChI=1S/C19H28N6O/c1-14(24(3)16-7-5-4-6-8-16)13-21-19(26)18-15(2)25(23-22-18)17-9-11-20-12-10-17/h4-8,14,17,20H,9-13H2,1-3H3,(H,21,26). The largest absolute Gasteiger partial charge is 0.370 e. The minimum atomic E-state index is -0.156.